The molecule has 8 nitrogen and oxygen atoms in total. The third-order valence-corrected chi connectivity index (χ3v) is 5.87. The number of rotatable bonds is 5. The number of hydrogen-bond donors (Lipinski definition) is 0. The van der Waals surface area contributed by atoms with Gasteiger partial charge in [-0.15, -0.1) is 10.2 Å². The number of hydrogen-bond acceptors (Lipinski definition) is 8. The number of halogens is 1. The van der Waals surface area contributed by atoms with Gasteiger partial charge in [-0.05, 0) is 63.2 Å². The average Bonchev–Trinajstić information content (AvgIpc) is 3.50. The molecule has 1 atom stereocenters. The van der Waals surface area contributed by atoms with Crippen molar-refractivity contribution in [3.05, 3.63) is 65.5 Å². The molecule has 0 bridgehead atoms. The van der Waals surface area contributed by atoms with E-state index in [0.29, 0.717) is 28.5 Å². The van der Waals surface area contributed by atoms with Crippen LogP contribution in [0.5, 0.6) is 0 Å². The van der Waals surface area contributed by atoms with Crippen LogP contribution in [0, 0.1) is 0 Å². The highest BCUT2D eigenvalue weighted by Crippen LogP contribution is 2.32. The second-order valence-electron chi connectivity index (χ2n) is 7.61. The SMILES string of the molecule is CC(c1nnc(-c2cccc(Cl)c2)o1)N1CCC(c2nc(-c3ccccn3)no2)CC1. The van der Waals surface area contributed by atoms with Gasteiger partial charge in [0.25, 0.3) is 0 Å². The lowest BCUT2D eigenvalue weighted by Gasteiger charge is -2.33. The standard InChI is InChI=1S/C22H21ClN6O2/c1-14(20-26-27-22(30-20)16-5-4-6-17(23)13-16)29-11-8-15(9-12-29)21-25-19(28-31-21)18-7-2-3-10-24-18/h2-7,10,13-15H,8-9,11-12H2,1H3. The van der Waals surface area contributed by atoms with E-state index in [9.17, 15) is 0 Å². The van der Waals surface area contributed by atoms with Gasteiger partial charge in [0.15, 0.2) is 0 Å². The fourth-order valence-corrected chi connectivity index (χ4v) is 4.02. The summed E-state index contributed by atoms with van der Waals surface area (Å²) in [6.45, 7) is 3.84. The van der Waals surface area contributed by atoms with E-state index < -0.39 is 0 Å². The van der Waals surface area contributed by atoms with Crippen LogP contribution in [0.2, 0.25) is 5.02 Å². The van der Waals surface area contributed by atoms with Gasteiger partial charge in [0.2, 0.25) is 23.5 Å². The van der Waals surface area contributed by atoms with Crippen LogP contribution in [0.1, 0.15) is 43.5 Å². The predicted octanol–water partition coefficient (Wildman–Crippen LogP) is 4.78. The van der Waals surface area contributed by atoms with Gasteiger partial charge in [0, 0.05) is 22.7 Å². The summed E-state index contributed by atoms with van der Waals surface area (Å²) >= 11 is 6.07. The zero-order valence-corrected chi connectivity index (χ0v) is 17.7. The van der Waals surface area contributed by atoms with Gasteiger partial charge in [-0.2, -0.15) is 4.98 Å². The normalized spacial score (nSPS) is 16.5. The minimum atomic E-state index is 0.0214. The molecule has 0 spiro atoms. The summed E-state index contributed by atoms with van der Waals surface area (Å²) in [5.74, 6) is 2.52. The molecule has 1 saturated heterocycles. The van der Waals surface area contributed by atoms with E-state index in [1.807, 2.05) is 42.5 Å². The Kier molecular flexibility index (Phi) is 5.48. The first-order chi connectivity index (χ1) is 15.2. The first kappa shape index (κ1) is 19.8. The molecule has 3 aromatic heterocycles. The van der Waals surface area contributed by atoms with Crippen LogP contribution in [0.15, 0.2) is 57.6 Å². The molecule has 4 heterocycles. The minimum Gasteiger partial charge on any atom is -0.419 e. The molecule has 5 rings (SSSR count). The summed E-state index contributed by atoms with van der Waals surface area (Å²) < 4.78 is 11.5. The lowest BCUT2D eigenvalue weighted by atomic mass is 9.96. The van der Waals surface area contributed by atoms with E-state index in [1.165, 1.54) is 0 Å². The number of nitrogens with zero attached hydrogens (tertiary/aromatic N) is 6. The maximum Gasteiger partial charge on any atom is 0.247 e. The van der Waals surface area contributed by atoms with Crippen LogP contribution in [0.3, 0.4) is 0 Å². The molecule has 158 valence electrons. The summed E-state index contributed by atoms with van der Waals surface area (Å²) in [6.07, 6.45) is 3.56. The van der Waals surface area contributed by atoms with Crippen LogP contribution in [0.4, 0.5) is 0 Å². The quantitative estimate of drug-likeness (QED) is 0.441. The fourth-order valence-electron chi connectivity index (χ4n) is 3.83. The van der Waals surface area contributed by atoms with Crippen LogP contribution >= 0.6 is 11.6 Å². The monoisotopic (exact) mass is 436 g/mol. The largest absolute Gasteiger partial charge is 0.419 e. The second-order valence-corrected chi connectivity index (χ2v) is 8.05. The lowest BCUT2D eigenvalue weighted by Crippen LogP contribution is -2.35. The highest BCUT2D eigenvalue weighted by atomic mass is 35.5. The first-order valence-electron chi connectivity index (χ1n) is 10.3. The van der Waals surface area contributed by atoms with Crippen LogP contribution in [-0.4, -0.2) is 43.3 Å². The number of piperidine rings is 1. The van der Waals surface area contributed by atoms with Crippen molar-refractivity contribution in [2.24, 2.45) is 0 Å². The van der Waals surface area contributed by atoms with E-state index in [1.54, 1.807) is 6.20 Å². The number of aromatic nitrogens is 5. The highest BCUT2D eigenvalue weighted by Gasteiger charge is 2.30. The van der Waals surface area contributed by atoms with Crippen molar-refractivity contribution in [1.29, 1.82) is 0 Å². The number of benzene rings is 1. The molecule has 9 heteroatoms. The number of likely N-dealkylation sites (tertiary alicyclic amines) is 1. The molecule has 31 heavy (non-hydrogen) atoms. The van der Waals surface area contributed by atoms with Gasteiger partial charge in [-0.25, -0.2) is 0 Å². The summed E-state index contributed by atoms with van der Waals surface area (Å²) in [4.78, 5) is 11.2. The topological polar surface area (TPSA) is 94.0 Å². The molecular weight excluding hydrogens is 416 g/mol. The zero-order valence-electron chi connectivity index (χ0n) is 17.0. The van der Waals surface area contributed by atoms with E-state index in [4.69, 9.17) is 20.5 Å². The molecule has 0 saturated carbocycles. The Morgan fingerprint density at radius 2 is 1.97 bits per heavy atom. The Hall–Kier alpha value is -3.10. The summed E-state index contributed by atoms with van der Waals surface area (Å²) in [5.41, 5.74) is 1.53. The summed E-state index contributed by atoms with van der Waals surface area (Å²) in [5, 5.41) is 13.2. The van der Waals surface area contributed by atoms with Crippen molar-refractivity contribution in [2.75, 3.05) is 13.1 Å². The van der Waals surface area contributed by atoms with E-state index >= 15 is 0 Å². The van der Waals surface area contributed by atoms with Crippen molar-refractivity contribution < 1.29 is 8.94 Å². The highest BCUT2D eigenvalue weighted by molar-refractivity contribution is 6.30. The molecule has 1 fully saturated rings. The van der Waals surface area contributed by atoms with Gasteiger partial charge >= 0.3 is 0 Å². The number of pyridine rings is 1. The van der Waals surface area contributed by atoms with Gasteiger partial charge in [-0.1, -0.05) is 28.9 Å². The Labute approximate surface area is 184 Å². The Morgan fingerprint density at radius 3 is 2.74 bits per heavy atom. The van der Waals surface area contributed by atoms with Gasteiger partial charge in [0.1, 0.15) is 5.69 Å². The minimum absolute atomic E-state index is 0.0214. The average molecular weight is 437 g/mol. The summed E-state index contributed by atoms with van der Waals surface area (Å²) in [6, 6.07) is 13.1. The van der Waals surface area contributed by atoms with Crippen molar-refractivity contribution >= 4 is 11.6 Å². The fraction of sp³-hybridized carbons (Fsp3) is 0.318. The molecule has 4 aromatic rings. The maximum atomic E-state index is 6.07. The smallest absolute Gasteiger partial charge is 0.247 e. The van der Waals surface area contributed by atoms with Crippen molar-refractivity contribution in [3.63, 3.8) is 0 Å². The molecule has 1 aromatic carbocycles. The molecule has 0 aliphatic carbocycles. The molecular formula is C22H21ClN6O2. The van der Waals surface area contributed by atoms with Crippen molar-refractivity contribution in [2.45, 2.75) is 31.7 Å². The Bertz CT molecular complexity index is 1150. The third-order valence-electron chi connectivity index (χ3n) is 5.63. The van der Waals surface area contributed by atoms with E-state index in [0.717, 1.165) is 37.2 Å². The van der Waals surface area contributed by atoms with Crippen LogP contribution in [-0.2, 0) is 0 Å². The van der Waals surface area contributed by atoms with Gasteiger partial charge < -0.3 is 8.94 Å². The molecule has 0 amide bonds. The zero-order chi connectivity index (χ0) is 21.2. The molecule has 0 N–H and O–H groups in total. The van der Waals surface area contributed by atoms with Crippen molar-refractivity contribution in [1.82, 2.24) is 30.2 Å². The van der Waals surface area contributed by atoms with Crippen molar-refractivity contribution in [3.8, 4) is 23.0 Å². The lowest BCUT2D eigenvalue weighted by molar-refractivity contribution is 0.134. The molecule has 1 aliphatic heterocycles. The molecule has 1 unspecified atom stereocenters. The second kappa shape index (κ2) is 8.56. The predicted molar refractivity (Wildman–Crippen MR) is 114 cm³/mol. The molecule has 0 radical (unpaired) electrons. The Morgan fingerprint density at radius 1 is 1.10 bits per heavy atom. The van der Waals surface area contributed by atoms with Gasteiger partial charge in [0.05, 0.1) is 6.04 Å². The van der Waals surface area contributed by atoms with Gasteiger partial charge in [-0.3, -0.25) is 9.88 Å². The Balaban J connectivity index is 1.22. The first-order valence-corrected chi connectivity index (χ1v) is 10.6. The van der Waals surface area contributed by atoms with E-state index in [2.05, 4.69) is 37.1 Å². The maximum absolute atomic E-state index is 6.07. The van der Waals surface area contributed by atoms with Crippen LogP contribution in [0.25, 0.3) is 23.0 Å². The van der Waals surface area contributed by atoms with E-state index in [-0.39, 0.29) is 12.0 Å². The summed E-state index contributed by atoms with van der Waals surface area (Å²) in [7, 11) is 0. The van der Waals surface area contributed by atoms with Crippen LogP contribution < -0.4 is 0 Å². The third kappa shape index (κ3) is 4.22. The molecule has 1 aliphatic rings.